The van der Waals surface area contributed by atoms with E-state index in [9.17, 15) is 9.59 Å². The van der Waals surface area contributed by atoms with E-state index in [0.29, 0.717) is 12.0 Å². The van der Waals surface area contributed by atoms with E-state index in [0.717, 1.165) is 49.5 Å². The van der Waals surface area contributed by atoms with Crippen LogP contribution in [0.15, 0.2) is 0 Å². The Hall–Kier alpha value is -1.72. The van der Waals surface area contributed by atoms with E-state index in [1.165, 1.54) is 12.1 Å². The molecule has 1 heterocycles. The predicted molar refractivity (Wildman–Crippen MR) is 107 cm³/mol. The van der Waals surface area contributed by atoms with E-state index in [1.807, 2.05) is 20.8 Å². The van der Waals surface area contributed by atoms with Crippen LogP contribution in [0.2, 0.25) is 0 Å². The van der Waals surface area contributed by atoms with Crippen molar-refractivity contribution in [3.05, 3.63) is 11.4 Å². The molecule has 28 heavy (non-hydrogen) atoms. The van der Waals surface area contributed by atoms with Gasteiger partial charge in [-0.15, -0.1) is 5.10 Å². The van der Waals surface area contributed by atoms with Crippen LogP contribution in [0.1, 0.15) is 109 Å². The molecule has 1 atom stereocenters. The summed E-state index contributed by atoms with van der Waals surface area (Å²) in [6.45, 7) is 10.1. The number of hydrogen-bond acceptors (Lipinski definition) is 5. The van der Waals surface area contributed by atoms with Gasteiger partial charge >= 0.3 is 5.97 Å². The van der Waals surface area contributed by atoms with Gasteiger partial charge < -0.3 is 9.53 Å². The van der Waals surface area contributed by atoms with Crippen molar-refractivity contribution >= 4 is 12.3 Å². The van der Waals surface area contributed by atoms with Gasteiger partial charge in [0.05, 0.1) is 23.9 Å². The number of nitrogens with zero attached hydrogens (tertiary/aromatic N) is 3. The molecule has 2 aliphatic rings. The maximum Gasteiger partial charge on any atom is 0.306 e. The average Bonchev–Trinajstić information content (AvgIpc) is 3.27. The molecule has 6 nitrogen and oxygen atoms in total. The van der Waals surface area contributed by atoms with Crippen LogP contribution < -0.4 is 0 Å². The topological polar surface area (TPSA) is 74.1 Å². The molecule has 1 unspecified atom stereocenters. The van der Waals surface area contributed by atoms with Gasteiger partial charge in [0.1, 0.15) is 11.9 Å². The molecule has 0 aliphatic heterocycles. The van der Waals surface area contributed by atoms with Gasteiger partial charge in [0, 0.05) is 18.3 Å². The summed E-state index contributed by atoms with van der Waals surface area (Å²) < 4.78 is 7.60. The summed E-state index contributed by atoms with van der Waals surface area (Å²) in [7, 11) is 0. The molecule has 0 saturated heterocycles. The molecule has 0 N–H and O–H groups in total. The molecular formula is C22H35N3O3. The highest BCUT2D eigenvalue weighted by Gasteiger charge is 2.40. The highest BCUT2D eigenvalue weighted by molar-refractivity contribution is 5.71. The van der Waals surface area contributed by atoms with Crippen LogP contribution in [-0.2, 0) is 14.3 Å². The fraction of sp³-hybridized carbons (Fsp3) is 0.818. The number of aromatic nitrogens is 3. The monoisotopic (exact) mass is 389 g/mol. The van der Waals surface area contributed by atoms with Gasteiger partial charge in [-0.25, -0.2) is 4.68 Å². The maximum absolute atomic E-state index is 12.4. The van der Waals surface area contributed by atoms with Gasteiger partial charge in [0.2, 0.25) is 0 Å². The molecule has 2 aliphatic carbocycles. The summed E-state index contributed by atoms with van der Waals surface area (Å²) in [5, 5.41) is 8.98. The lowest BCUT2D eigenvalue weighted by molar-refractivity contribution is -0.155. The van der Waals surface area contributed by atoms with Crippen LogP contribution in [-0.4, -0.2) is 32.9 Å². The zero-order valence-corrected chi connectivity index (χ0v) is 18.0. The average molecular weight is 390 g/mol. The Morgan fingerprint density at radius 3 is 2.50 bits per heavy atom. The Bertz CT molecular complexity index is 694. The van der Waals surface area contributed by atoms with Crippen molar-refractivity contribution in [3.63, 3.8) is 0 Å². The second-order valence-corrected chi connectivity index (χ2v) is 10.1. The van der Waals surface area contributed by atoms with Crippen LogP contribution in [0.25, 0.3) is 0 Å². The number of carbonyl (C=O) groups excluding carboxylic acids is 2. The number of hydrogen-bond donors (Lipinski definition) is 0. The van der Waals surface area contributed by atoms with Crippen molar-refractivity contribution in [2.75, 3.05) is 0 Å². The van der Waals surface area contributed by atoms with Gasteiger partial charge in [0.15, 0.2) is 0 Å². The predicted octanol–water partition coefficient (Wildman–Crippen LogP) is 4.56. The molecule has 156 valence electrons. The van der Waals surface area contributed by atoms with Gasteiger partial charge in [-0.1, -0.05) is 19.1 Å². The molecule has 0 aromatic carbocycles. The first kappa shape index (κ1) is 21.0. The first-order valence-corrected chi connectivity index (χ1v) is 10.8. The Morgan fingerprint density at radius 2 is 1.96 bits per heavy atom. The second-order valence-electron chi connectivity index (χ2n) is 10.1. The summed E-state index contributed by atoms with van der Waals surface area (Å²) in [5.74, 6) is 1.45. The molecule has 2 fully saturated rings. The molecular weight excluding hydrogens is 354 g/mol. The fourth-order valence-electron chi connectivity index (χ4n) is 4.38. The molecule has 3 rings (SSSR count). The zero-order valence-electron chi connectivity index (χ0n) is 18.0. The van der Waals surface area contributed by atoms with E-state index in [1.54, 1.807) is 0 Å². The number of aldehydes is 1. The third kappa shape index (κ3) is 5.21. The molecule has 0 radical (unpaired) electrons. The largest absolute Gasteiger partial charge is 0.460 e. The van der Waals surface area contributed by atoms with E-state index in [4.69, 9.17) is 4.74 Å². The SMILES string of the molecule is CC(C)CC1CC(n2nnc(C(CC=O)CC(=O)OC(C)(C)C)c2C2CC2)C1. The van der Waals surface area contributed by atoms with Crippen LogP contribution in [0.4, 0.5) is 0 Å². The molecule has 1 aromatic rings. The molecule has 0 spiro atoms. The van der Waals surface area contributed by atoms with Gasteiger partial charge in [-0.2, -0.15) is 0 Å². The minimum absolute atomic E-state index is 0.176. The summed E-state index contributed by atoms with van der Waals surface area (Å²) in [6.07, 6.45) is 7.20. The molecule has 0 bridgehead atoms. The highest BCUT2D eigenvalue weighted by atomic mass is 16.6. The molecule has 2 saturated carbocycles. The Balaban J connectivity index is 1.75. The van der Waals surface area contributed by atoms with Crippen molar-refractivity contribution in [1.82, 2.24) is 15.0 Å². The third-order valence-corrected chi connectivity index (χ3v) is 5.68. The lowest BCUT2D eigenvalue weighted by Gasteiger charge is -2.37. The molecule has 0 amide bonds. The van der Waals surface area contributed by atoms with Crippen LogP contribution >= 0.6 is 0 Å². The fourth-order valence-corrected chi connectivity index (χ4v) is 4.38. The Kier molecular flexibility index (Phi) is 6.25. The van der Waals surface area contributed by atoms with Gasteiger partial charge in [0.25, 0.3) is 0 Å². The number of esters is 1. The number of ether oxygens (including phenoxy) is 1. The van der Waals surface area contributed by atoms with E-state index < -0.39 is 5.60 Å². The maximum atomic E-state index is 12.4. The summed E-state index contributed by atoms with van der Waals surface area (Å²) >= 11 is 0. The zero-order chi connectivity index (χ0) is 20.5. The van der Waals surface area contributed by atoms with Crippen molar-refractivity contribution in [2.45, 2.75) is 103 Å². The molecule has 1 aromatic heterocycles. The molecule has 6 heteroatoms. The van der Waals surface area contributed by atoms with E-state index in [2.05, 4.69) is 28.8 Å². The minimum Gasteiger partial charge on any atom is -0.460 e. The highest BCUT2D eigenvalue weighted by Crippen LogP contribution is 2.48. The summed E-state index contributed by atoms with van der Waals surface area (Å²) in [5.41, 5.74) is 1.48. The Labute approximate surface area is 168 Å². The minimum atomic E-state index is -0.531. The first-order chi connectivity index (χ1) is 13.2. The summed E-state index contributed by atoms with van der Waals surface area (Å²) in [4.78, 5) is 23.7. The quantitative estimate of drug-likeness (QED) is 0.457. The van der Waals surface area contributed by atoms with Crippen molar-refractivity contribution < 1.29 is 14.3 Å². The Morgan fingerprint density at radius 1 is 1.29 bits per heavy atom. The number of rotatable bonds is 9. The first-order valence-electron chi connectivity index (χ1n) is 10.8. The number of carbonyl (C=O) groups is 2. The third-order valence-electron chi connectivity index (χ3n) is 5.68. The van der Waals surface area contributed by atoms with Crippen LogP contribution in [0.3, 0.4) is 0 Å². The summed E-state index contributed by atoms with van der Waals surface area (Å²) in [6, 6.07) is 0.416. The second kappa shape index (κ2) is 8.34. The lowest BCUT2D eigenvalue weighted by atomic mass is 9.75. The van der Waals surface area contributed by atoms with E-state index >= 15 is 0 Å². The lowest BCUT2D eigenvalue weighted by Crippen LogP contribution is -2.29. The smallest absolute Gasteiger partial charge is 0.306 e. The van der Waals surface area contributed by atoms with E-state index in [-0.39, 0.29) is 24.7 Å². The van der Waals surface area contributed by atoms with Crippen LogP contribution in [0, 0.1) is 11.8 Å². The standard InChI is InChI=1S/C22H35N3O3/c1-14(2)10-15-11-18(12-15)25-21(16-6-7-16)20(23-24-25)17(8-9-26)13-19(27)28-22(3,4)5/h9,14-18H,6-8,10-13H2,1-5H3. The van der Waals surface area contributed by atoms with Crippen molar-refractivity contribution in [1.29, 1.82) is 0 Å². The van der Waals surface area contributed by atoms with Gasteiger partial charge in [-0.3, -0.25) is 4.79 Å². The van der Waals surface area contributed by atoms with Crippen molar-refractivity contribution in [3.8, 4) is 0 Å². The normalized spacial score (nSPS) is 23.4. The van der Waals surface area contributed by atoms with Crippen molar-refractivity contribution in [2.24, 2.45) is 11.8 Å². The van der Waals surface area contributed by atoms with Crippen LogP contribution in [0.5, 0.6) is 0 Å². The van der Waals surface area contributed by atoms with Gasteiger partial charge in [-0.05, 0) is 64.7 Å².